The average Bonchev–Trinajstić information content (AvgIpc) is 3.22. The maximum Gasteiger partial charge on any atom is 0.217 e. The number of hydrogen-bond donors (Lipinski definition) is 0. The summed E-state index contributed by atoms with van der Waals surface area (Å²) in [6, 6.07) is 28.4. The molecular formula is C29H19NO. The Morgan fingerprint density at radius 1 is 0.677 bits per heavy atom. The van der Waals surface area contributed by atoms with Crippen molar-refractivity contribution in [3.05, 3.63) is 114 Å². The minimum absolute atomic E-state index is 0.0406. The molecule has 0 amide bonds. The standard InChI is InChI=1S/C29H19NO/c1-2-8-22-20(6-1)21-7-3-4-9-23(21)26-16-18(11-13-24(22)26)19-12-14-28-27(17-19)25-10-5-15-30-29(25)31-28/h1-17,27-28H. The van der Waals surface area contributed by atoms with Gasteiger partial charge in [0.05, 0.1) is 0 Å². The molecule has 0 fully saturated rings. The fourth-order valence-electron chi connectivity index (χ4n) is 5.21. The van der Waals surface area contributed by atoms with E-state index in [1.165, 1.54) is 49.0 Å². The van der Waals surface area contributed by atoms with Crippen molar-refractivity contribution in [1.29, 1.82) is 0 Å². The van der Waals surface area contributed by atoms with E-state index in [2.05, 4.69) is 96.0 Å². The quantitative estimate of drug-likeness (QED) is 0.283. The predicted molar refractivity (Wildman–Crippen MR) is 127 cm³/mol. The number of nitrogens with zero attached hydrogens (tertiary/aromatic N) is 1. The van der Waals surface area contributed by atoms with Crippen molar-refractivity contribution >= 4 is 37.9 Å². The molecule has 146 valence electrons. The lowest BCUT2D eigenvalue weighted by Gasteiger charge is -2.19. The largest absolute Gasteiger partial charge is 0.469 e. The zero-order chi connectivity index (χ0) is 20.4. The van der Waals surface area contributed by atoms with Crippen molar-refractivity contribution in [2.75, 3.05) is 0 Å². The second-order valence-corrected chi connectivity index (χ2v) is 8.34. The summed E-state index contributed by atoms with van der Waals surface area (Å²) in [6.45, 7) is 0. The summed E-state index contributed by atoms with van der Waals surface area (Å²) in [5, 5.41) is 7.82. The van der Waals surface area contributed by atoms with E-state index in [1.54, 1.807) is 6.20 Å². The number of rotatable bonds is 1. The van der Waals surface area contributed by atoms with Crippen LogP contribution in [0.15, 0.2) is 103 Å². The van der Waals surface area contributed by atoms with Gasteiger partial charge in [-0.1, -0.05) is 78.9 Å². The van der Waals surface area contributed by atoms with Crippen LogP contribution in [0.4, 0.5) is 0 Å². The lowest BCUT2D eigenvalue weighted by atomic mass is 9.86. The number of ether oxygens (including phenoxy) is 1. The van der Waals surface area contributed by atoms with Crippen molar-refractivity contribution in [3.8, 4) is 5.88 Å². The van der Waals surface area contributed by atoms with Crippen LogP contribution in [0.1, 0.15) is 17.0 Å². The summed E-state index contributed by atoms with van der Waals surface area (Å²) >= 11 is 0. The second-order valence-electron chi connectivity index (χ2n) is 8.34. The Morgan fingerprint density at radius 2 is 1.35 bits per heavy atom. The van der Waals surface area contributed by atoms with E-state index < -0.39 is 0 Å². The highest BCUT2D eigenvalue weighted by molar-refractivity contribution is 6.25. The number of allylic oxidation sites excluding steroid dienone is 2. The van der Waals surface area contributed by atoms with Gasteiger partial charge in [0, 0.05) is 17.7 Å². The summed E-state index contributed by atoms with van der Waals surface area (Å²) in [4.78, 5) is 4.40. The summed E-state index contributed by atoms with van der Waals surface area (Å²) in [6.07, 6.45) is 8.53. The van der Waals surface area contributed by atoms with Crippen LogP contribution < -0.4 is 4.74 Å². The Hall–Kier alpha value is -3.91. The van der Waals surface area contributed by atoms with Gasteiger partial charge in [0.15, 0.2) is 0 Å². The summed E-state index contributed by atoms with van der Waals surface area (Å²) in [5.74, 6) is 0.975. The van der Waals surface area contributed by atoms with Crippen LogP contribution in [0.2, 0.25) is 0 Å². The van der Waals surface area contributed by atoms with E-state index in [-0.39, 0.29) is 12.0 Å². The van der Waals surface area contributed by atoms with Gasteiger partial charge in [-0.2, -0.15) is 0 Å². The third-order valence-electron chi connectivity index (χ3n) is 6.66. The molecule has 0 radical (unpaired) electrons. The molecule has 2 atom stereocenters. The molecule has 7 rings (SSSR count). The van der Waals surface area contributed by atoms with Gasteiger partial charge in [0.2, 0.25) is 5.88 Å². The topological polar surface area (TPSA) is 22.1 Å². The van der Waals surface area contributed by atoms with Crippen molar-refractivity contribution < 1.29 is 4.74 Å². The van der Waals surface area contributed by atoms with E-state index in [0.29, 0.717) is 0 Å². The summed E-state index contributed by atoms with van der Waals surface area (Å²) in [5.41, 5.74) is 3.65. The lowest BCUT2D eigenvalue weighted by molar-refractivity contribution is 0.261. The molecule has 2 heterocycles. The molecule has 2 aliphatic rings. The first-order valence-corrected chi connectivity index (χ1v) is 10.7. The van der Waals surface area contributed by atoms with E-state index in [0.717, 1.165) is 5.88 Å². The Kier molecular flexibility index (Phi) is 3.42. The van der Waals surface area contributed by atoms with Gasteiger partial charge in [0.25, 0.3) is 0 Å². The van der Waals surface area contributed by atoms with Gasteiger partial charge in [-0.3, -0.25) is 0 Å². The minimum Gasteiger partial charge on any atom is -0.469 e. The first kappa shape index (κ1) is 16.8. The van der Waals surface area contributed by atoms with Gasteiger partial charge < -0.3 is 4.74 Å². The first-order valence-electron chi connectivity index (χ1n) is 10.7. The van der Waals surface area contributed by atoms with E-state index in [4.69, 9.17) is 4.74 Å². The van der Waals surface area contributed by atoms with Gasteiger partial charge in [0.1, 0.15) is 6.10 Å². The van der Waals surface area contributed by atoms with Gasteiger partial charge in [-0.05, 0) is 61.7 Å². The molecule has 0 spiro atoms. The smallest absolute Gasteiger partial charge is 0.217 e. The molecule has 2 nitrogen and oxygen atoms in total. The van der Waals surface area contributed by atoms with E-state index in [9.17, 15) is 0 Å². The molecule has 2 heteroatoms. The molecule has 1 aliphatic carbocycles. The summed E-state index contributed by atoms with van der Waals surface area (Å²) in [7, 11) is 0. The predicted octanol–water partition coefficient (Wildman–Crippen LogP) is 7.04. The molecule has 0 bridgehead atoms. The monoisotopic (exact) mass is 397 g/mol. The van der Waals surface area contributed by atoms with Crippen LogP contribution in [0.3, 0.4) is 0 Å². The van der Waals surface area contributed by atoms with Crippen LogP contribution >= 0.6 is 0 Å². The Balaban J connectivity index is 1.45. The molecule has 31 heavy (non-hydrogen) atoms. The number of fused-ring (bicyclic) bond motifs is 9. The van der Waals surface area contributed by atoms with Gasteiger partial charge in [-0.15, -0.1) is 0 Å². The van der Waals surface area contributed by atoms with Crippen molar-refractivity contribution in [2.45, 2.75) is 12.0 Å². The highest BCUT2D eigenvalue weighted by atomic mass is 16.5. The van der Waals surface area contributed by atoms with Crippen molar-refractivity contribution in [1.82, 2.24) is 4.98 Å². The molecular weight excluding hydrogens is 378 g/mol. The number of aromatic nitrogens is 1. The minimum atomic E-state index is 0.0406. The zero-order valence-electron chi connectivity index (χ0n) is 16.8. The van der Waals surface area contributed by atoms with Crippen LogP contribution in [0.25, 0.3) is 37.9 Å². The molecule has 1 aromatic heterocycles. The molecule has 5 aromatic rings. The van der Waals surface area contributed by atoms with Crippen LogP contribution in [0, 0.1) is 0 Å². The highest BCUT2D eigenvalue weighted by Gasteiger charge is 2.34. The SMILES string of the molecule is C1=CC2Oc3ncccc3C2C=C1c1ccc2c3ccccc3c3ccccc3c2c1. The molecule has 1 aliphatic heterocycles. The van der Waals surface area contributed by atoms with Crippen molar-refractivity contribution in [2.24, 2.45) is 0 Å². The third kappa shape index (κ3) is 2.42. The van der Waals surface area contributed by atoms with Crippen LogP contribution in [-0.2, 0) is 0 Å². The lowest BCUT2D eigenvalue weighted by Crippen LogP contribution is -2.17. The third-order valence-corrected chi connectivity index (χ3v) is 6.66. The molecule has 4 aromatic carbocycles. The van der Waals surface area contributed by atoms with Gasteiger partial charge >= 0.3 is 0 Å². The van der Waals surface area contributed by atoms with Crippen LogP contribution in [-0.4, -0.2) is 11.1 Å². The van der Waals surface area contributed by atoms with Crippen LogP contribution in [0.5, 0.6) is 5.88 Å². The molecule has 0 N–H and O–H groups in total. The fraction of sp³-hybridized carbons (Fsp3) is 0.0690. The Morgan fingerprint density at radius 3 is 2.10 bits per heavy atom. The number of benzene rings is 4. The molecule has 0 saturated carbocycles. The number of hydrogen-bond acceptors (Lipinski definition) is 2. The second kappa shape index (κ2) is 6.29. The normalized spacial score (nSPS) is 19.3. The summed E-state index contributed by atoms with van der Waals surface area (Å²) < 4.78 is 6.03. The van der Waals surface area contributed by atoms with Crippen molar-refractivity contribution in [3.63, 3.8) is 0 Å². The Bertz CT molecular complexity index is 1540. The maximum atomic E-state index is 6.03. The fourth-order valence-corrected chi connectivity index (χ4v) is 5.21. The number of pyridine rings is 1. The van der Waals surface area contributed by atoms with E-state index >= 15 is 0 Å². The zero-order valence-corrected chi connectivity index (χ0v) is 16.8. The average molecular weight is 397 g/mol. The Labute approximate surface area is 180 Å². The maximum absolute atomic E-state index is 6.03. The highest BCUT2D eigenvalue weighted by Crippen LogP contribution is 2.43. The van der Waals surface area contributed by atoms with Gasteiger partial charge in [-0.25, -0.2) is 4.98 Å². The molecule has 0 saturated heterocycles. The van der Waals surface area contributed by atoms with E-state index in [1.807, 2.05) is 6.07 Å². The first-order chi connectivity index (χ1) is 15.4. The molecule has 2 unspecified atom stereocenters.